The highest BCUT2D eigenvalue weighted by molar-refractivity contribution is 7.14. The van der Waals surface area contributed by atoms with Gasteiger partial charge in [0.2, 0.25) is 0 Å². The zero-order valence-electron chi connectivity index (χ0n) is 16.4. The molecular formula is C19H23N7OS2. The average Bonchev–Trinajstić information content (AvgIpc) is 3.42. The number of ether oxygens (including phenoxy) is 1. The van der Waals surface area contributed by atoms with Crippen LogP contribution in [-0.2, 0) is 4.74 Å². The Balaban J connectivity index is 1.44. The molecule has 1 aliphatic heterocycles. The van der Waals surface area contributed by atoms with Gasteiger partial charge < -0.3 is 20.3 Å². The van der Waals surface area contributed by atoms with E-state index in [-0.39, 0.29) is 0 Å². The standard InChI is InChI=1S/C19H23N7OS2/c1-26(8-9-27-2)16-5-4-13(10-22-16)17-23-14(11-28-17)15-12-29-19(24-15)25-18-20-6-3-7-21-18/h4-5,10-12H,3,6-9H2,1-2H3,(H2,20,21,24,25). The number of hydrogen-bond acceptors (Lipinski definition) is 10. The first-order valence-corrected chi connectivity index (χ1v) is 11.1. The number of rotatable bonds is 7. The van der Waals surface area contributed by atoms with E-state index < -0.39 is 0 Å². The quantitative estimate of drug-likeness (QED) is 0.596. The van der Waals surface area contributed by atoms with Crippen molar-refractivity contribution in [3.63, 3.8) is 0 Å². The predicted molar refractivity (Wildman–Crippen MR) is 120 cm³/mol. The highest BCUT2D eigenvalue weighted by Gasteiger charge is 2.13. The van der Waals surface area contributed by atoms with Crippen LogP contribution in [0.3, 0.4) is 0 Å². The third-order valence-electron chi connectivity index (χ3n) is 4.41. The Morgan fingerprint density at radius 1 is 1.21 bits per heavy atom. The maximum absolute atomic E-state index is 5.12. The van der Waals surface area contributed by atoms with Gasteiger partial charge in [0, 0.05) is 56.3 Å². The molecule has 0 unspecified atom stereocenters. The van der Waals surface area contributed by atoms with Crippen molar-refractivity contribution in [3.8, 4) is 22.0 Å². The first kappa shape index (κ1) is 19.7. The molecule has 0 aromatic carbocycles. The van der Waals surface area contributed by atoms with Crippen molar-refractivity contribution >= 4 is 39.6 Å². The molecular weight excluding hydrogens is 406 g/mol. The summed E-state index contributed by atoms with van der Waals surface area (Å²) in [4.78, 5) is 20.4. The van der Waals surface area contributed by atoms with Gasteiger partial charge in [0.05, 0.1) is 6.61 Å². The summed E-state index contributed by atoms with van der Waals surface area (Å²) in [5.74, 6) is 1.70. The van der Waals surface area contributed by atoms with Gasteiger partial charge in [-0.3, -0.25) is 4.99 Å². The summed E-state index contributed by atoms with van der Waals surface area (Å²) in [5.41, 5.74) is 2.73. The molecule has 29 heavy (non-hydrogen) atoms. The fourth-order valence-corrected chi connectivity index (χ4v) is 4.28. The molecule has 0 radical (unpaired) electrons. The van der Waals surface area contributed by atoms with Crippen molar-refractivity contribution in [1.82, 2.24) is 20.3 Å². The molecule has 0 fully saturated rings. The number of likely N-dealkylation sites (N-methyl/N-ethyl adjacent to an activating group) is 1. The minimum Gasteiger partial charge on any atom is -0.383 e. The minimum absolute atomic E-state index is 0.670. The number of pyridine rings is 1. The maximum Gasteiger partial charge on any atom is 0.197 e. The summed E-state index contributed by atoms with van der Waals surface area (Å²) in [5, 5.41) is 12.3. The lowest BCUT2D eigenvalue weighted by Gasteiger charge is -2.17. The second-order valence-electron chi connectivity index (χ2n) is 6.53. The minimum atomic E-state index is 0.670. The molecule has 4 heterocycles. The number of aromatic nitrogens is 3. The second-order valence-corrected chi connectivity index (χ2v) is 8.25. The molecule has 4 rings (SSSR count). The van der Waals surface area contributed by atoms with Crippen LogP contribution >= 0.6 is 22.7 Å². The first-order valence-electron chi connectivity index (χ1n) is 9.36. The largest absolute Gasteiger partial charge is 0.383 e. The zero-order valence-corrected chi connectivity index (χ0v) is 18.0. The van der Waals surface area contributed by atoms with E-state index in [0.717, 1.165) is 64.9 Å². The van der Waals surface area contributed by atoms with E-state index in [2.05, 4.69) is 36.6 Å². The molecule has 1 aliphatic rings. The molecule has 8 nitrogen and oxygen atoms in total. The topological polar surface area (TPSA) is 87.6 Å². The van der Waals surface area contributed by atoms with Gasteiger partial charge in [-0.2, -0.15) is 0 Å². The molecule has 2 N–H and O–H groups in total. The molecule has 152 valence electrons. The Morgan fingerprint density at radius 2 is 2.07 bits per heavy atom. The number of hydrogen-bond donors (Lipinski definition) is 2. The molecule has 0 saturated heterocycles. The number of methoxy groups -OCH3 is 1. The van der Waals surface area contributed by atoms with E-state index in [1.54, 1.807) is 29.8 Å². The van der Waals surface area contributed by atoms with Crippen molar-refractivity contribution in [1.29, 1.82) is 0 Å². The van der Waals surface area contributed by atoms with Crippen molar-refractivity contribution in [2.75, 3.05) is 50.6 Å². The van der Waals surface area contributed by atoms with Crippen molar-refractivity contribution in [3.05, 3.63) is 29.1 Å². The fourth-order valence-electron chi connectivity index (χ4n) is 2.77. The summed E-state index contributed by atoms with van der Waals surface area (Å²) in [6.07, 6.45) is 2.93. The van der Waals surface area contributed by atoms with Crippen molar-refractivity contribution in [2.45, 2.75) is 6.42 Å². The molecule has 0 bridgehead atoms. The van der Waals surface area contributed by atoms with Gasteiger partial charge in [0.25, 0.3) is 0 Å². The van der Waals surface area contributed by atoms with Gasteiger partial charge >= 0.3 is 0 Å². The summed E-state index contributed by atoms with van der Waals surface area (Å²) in [6.45, 7) is 3.25. The normalized spacial score (nSPS) is 13.7. The smallest absolute Gasteiger partial charge is 0.197 e. The second kappa shape index (κ2) is 9.29. The number of nitrogens with one attached hydrogen (secondary N) is 2. The monoisotopic (exact) mass is 429 g/mol. The Hall–Kier alpha value is -2.56. The summed E-state index contributed by atoms with van der Waals surface area (Å²) >= 11 is 3.14. The van der Waals surface area contributed by atoms with Gasteiger partial charge in [0.15, 0.2) is 11.1 Å². The molecule has 3 aromatic heterocycles. The van der Waals surface area contributed by atoms with Gasteiger partial charge in [-0.1, -0.05) is 0 Å². The van der Waals surface area contributed by atoms with Crippen LogP contribution in [0.4, 0.5) is 10.9 Å². The van der Waals surface area contributed by atoms with Gasteiger partial charge in [-0.05, 0) is 18.6 Å². The Bertz CT molecular complexity index is 967. The lowest BCUT2D eigenvalue weighted by molar-refractivity contribution is 0.206. The van der Waals surface area contributed by atoms with E-state index in [9.17, 15) is 0 Å². The Kier molecular flexibility index (Phi) is 6.33. The lowest BCUT2D eigenvalue weighted by atomic mass is 10.3. The van der Waals surface area contributed by atoms with Gasteiger partial charge in [-0.25, -0.2) is 15.0 Å². The fraction of sp³-hybridized carbons (Fsp3) is 0.368. The van der Waals surface area contributed by atoms with Crippen LogP contribution in [0, 0.1) is 0 Å². The SMILES string of the molecule is COCCN(C)c1ccc(-c2nc(-c3csc(NC4=NCCCN4)n3)cs2)cn1. The van der Waals surface area contributed by atoms with Crippen LogP contribution < -0.4 is 15.5 Å². The molecule has 0 saturated carbocycles. The molecule has 10 heteroatoms. The van der Waals surface area contributed by atoms with Crippen LogP contribution in [0.25, 0.3) is 22.0 Å². The molecule has 0 atom stereocenters. The molecule has 3 aromatic rings. The van der Waals surface area contributed by atoms with Gasteiger partial charge in [-0.15, -0.1) is 22.7 Å². The molecule has 0 spiro atoms. The van der Waals surface area contributed by atoms with E-state index in [1.807, 2.05) is 30.1 Å². The lowest BCUT2D eigenvalue weighted by Crippen LogP contribution is -2.35. The third-order valence-corrected chi connectivity index (χ3v) is 6.06. The van der Waals surface area contributed by atoms with Crippen LogP contribution in [0.2, 0.25) is 0 Å². The third kappa shape index (κ3) is 4.89. The van der Waals surface area contributed by atoms with Crippen molar-refractivity contribution < 1.29 is 4.74 Å². The highest BCUT2D eigenvalue weighted by Crippen LogP contribution is 2.31. The summed E-state index contributed by atoms with van der Waals surface area (Å²) < 4.78 is 5.12. The predicted octanol–water partition coefficient (Wildman–Crippen LogP) is 3.17. The van der Waals surface area contributed by atoms with E-state index >= 15 is 0 Å². The first-order chi connectivity index (χ1) is 14.2. The Labute approximate surface area is 177 Å². The van der Waals surface area contributed by atoms with Gasteiger partial charge in [0.1, 0.15) is 22.2 Å². The Morgan fingerprint density at radius 3 is 2.83 bits per heavy atom. The summed E-state index contributed by atoms with van der Waals surface area (Å²) in [7, 11) is 3.71. The van der Waals surface area contributed by atoms with E-state index in [0.29, 0.717) is 6.61 Å². The number of thiazole rings is 2. The highest BCUT2D eigenvalue weighted by atomic mass is 32.1. The van der Waals surface area contributed by atoms with Crippen molar-refractivity contribution in [2.24, 2.45) is 4.99 Å². The number of guanidine groups is 1. The van der Waals surface area contributed by atoms with Crippen LogP contribution in [0.5, 0.6) is 0 Å². The van der Waals surface area contributed by atoms with E-state index in [1.165, 1.54) is 0 Å². The number of nitrogens with zero attached hydrogens (tertiary/aromatic N) is 5. The average molecular weight is 430 g/mol. The van der Waals surface area contributed by atoms with E-state index in [4.69, 9.17) is 9.72 Å². The maximum atomic E-state index is 5.12. The van der Waals surface area contributed by atoms with Crippen LogP contribution in [-0.4, -0.2) is 61.3 Å². The number of anilines is 2. The molecule has 0 aliphatic carbocycles. The zero-order chi connectivity index (χ0) is 20.1. The van der Waals surface area contributed by atoms with Crippen LogP contribution in [0.1, 0.15) is 6.42 Å². The number of aliphatic imine (C=N–C) groups is 1. The van der Waals surface area contributed by atoms with Crippen LogP contribution in [0.15, 0.2) is 34.1 Å². The molecule has 0 amide bonds. The summed E-state index contributed by atoms with van der Waals surface area (Å²) in [6, 6.07) is 4.06.